The van der Waals surface area contributed by atoms with Crippen molar-refractivity contribution in [3.63, 3.8) is 0 Å². The number of Topliss-reactive ketones (excluding diaryl/α,β-unsaturated/α-hetero) is 1. The summed E-state index contributed by atoms with van der Waals surface area (Å²) in [4.78, 5) is 11.7. The fraction of sp³-hybridized carbons (Fsp3) is 0.889. The smallest absolute Gasteiger partial charge is 0.296 e. The second kappa shape index (κ2) is 2.87. The van der Waals surface area contributed by atoms with Crippen LogP contribution in [0.25, 0.3) is 0 Å². The van der Waals surface area contributed by atoms with Crippen molar-refractivity contribution in [1.82, 2.24) is 0 Å². The Bertz CT molecular complexity index is 312. The number of hydrogen-bond acceptors (Lipinski definition) is 3. The third-order valence-corrected chi connectivity index (χ3v) is 4.42. The van der Waals surface area contributed by atoms with Gasteiger partial charge in [-0.05, 0) is 18.8 Å². The molecule has 0 spiro atoms. The maximum absolute atomic E-state index is 11.7. The van der Waals surface area contributed by atoms with Crippen molar-refractivity contribution in [3.8, 4) is 0 Å². The van der Waals surface area contributed by atoms with Crippen molar-refractivity contribution >= 4 is 17.1 Å². The highest BCUT2D eigenvalue weighted by molar-refractivity contribution is 7.74. The van der Waals surface area contributed by atoms with Gasteiger partial charge >= 0.3 is 11.4 Å². The zero-order valence-electron chi connectivity index (χ0n) is 8.24. The van der Waals surface area contributed by atoms with Gasteiger partial charge in [0.15, 0.2) is 11.4 Å². The molecule has 5 heteroatoms. The number of carbonyl (C=O) groups is 1. The maximum atomic E-state index is 11.7. The van der Waals surface area contributed by atoms with Gasteiger partial charge in [-0.25, -0.2) is 0 Å². The highest BCUT2D eigenvalue weighted by Gasteiger charge is 2.66. The van der Waals surface area contributed by atoms with Gasteiger partial charge in [-0.3, -0.25) is 8.98 Å². The van der Waals surface area contributed by atoms with E-state index in [1.807, 2.05) is 13.8 Å². The van der Waals surface area contributed by atoms with Crippen LogP contribution in [0.1, 0.15) is 33.1 Å². The van der Waals surface area contributed by atoms with Gasteiger partial charge in [0.1, 0.15) is 0 Å². The summed E-state index contributed by atoms with van der Waals surface area (Å²) >= 11 is -2.61. The van der Waals surface area contributed by atoms with Crippen LogP contribution in [-0.4, -0.2) is 15.6 Å². The minimum atomic E-state index is -2.61. The summed E-state index contributed by atoms with van der Waals surface area (Å²) in [6.45, 7) is 3.84. The Labute approximate surface area is 85.5 Å². The number of ketones is 1. The Hall–Kier alpha value is -0.260. The molecule has 0 amide bonds. The van der Waals surface area contributed by atoms with Crippen molar-refractivity contribution in [3.05, 3.63) is 0 Å². The number of rotatable bonds is 2. The van der Waals surface area contributed by atoms with Crippen LogP contribution in [-0.2, 0) is 24.9 Å². The molecule has 0 aromatic rings. The standard InChI is InChI=1S/C9H13O4S/c1-8(2)6-3-4-9(8,7(10)5-6)13-14(11)12/h6H,3-5H2,1-2H3. The summed E-state index contributed by atoms with van der Waals surface area (Å²) in [5.74, 6) is 0.224. The third-order valence-electron chi connectivity index (χ3n) is 4.00. The molecule has 2 aliphatic carbocycles. The van der Waals surface area contributed by atoms with Crippen LogP contribution in [0.4, 0.5) is 0 Å². The van der Waals surface area contributed by atoms with Gasteiger partial charge in [0.2, 0.25) is 0 Å². The molecule has 3 unspecified atom stereocenters. The Morgan fingerprint density at radius 1 is 1.50 bits per heavy atom. The summed E-state index contributed by atoms with van der Waals surface area (Å²) in [6, 6.07) is 0. The zero-order valence-corrected chi connectivity index (χ0v) is 9.06. The van der Waals surface area contributed by atoms with E-state index in [0.717, 1.165) is 6.42 Å². The maximum Gasteiger partial charge on any atom is 0.335 e. The quantitative estimate of drug-likeness (QED) is 0.697. The first kappa shape index (κ1) is 10.3. The molecule has 14 heavy (non-hydrogen) atoms. The molecule has 1 radical (unpaired) electrons. The van der Waals surface area contributed by atoms with Crippen molar-refractivity contribution in [2.24, 2.45) is 11.3 Å². The monoisotopic (exact) mass is 217 g/mol. The van der Waals surface area contributed by atoms with Gasteiger partial charge < -0.3 is 0 Å². The SMILES string of the molecule is CC1(C)C2CCC1(OS([O])=O)C(=O)C2. The summed E-state index contributed by atoms with van der Waals surface area (Å²) in [6.07, 6.45) is 1.89. The molecule has 0 aliphatic heterocycles. The predicted octanol–water partition coefficient (Wildman–Crippen LogP) is 1.16. The molecule has 0 N–H and O–H groups in total. The molecular formula is C9H13O4S. The lowest BCUT2D eigenvalue weighted by atomic mass is 9.79. The minimum Gasteiger partial charge on any atom is -0.296 e. The molecule has 2 fully saturated rings. The van der Waals surface area contributed by atoms with Crippen molar-refractivity contribution < 1.29 is 17.7 Å². The van der Waals surface area contributed by atoms with E-state index < -0.39 is 17.0 Å². The van der Waals surface area contributed by atoms with Crippen molar-refractivity contribution in [1.29, 1.82) is 0 Å². The molecule has 2 bridgehead atoms. The Morgan fingerprint density at radius 2 is 2.14 bits per heavy atom. The first-order chi connectivity index (χ1) is 6.40. The summed E-state index contributed by atoms with van der Waals surface area (Å²) < 4.78 is 26.1. The largest absolute Gasteiger partial charge is 0.335 e. The predicted molar refractivity (Wildman–Crippen MR) is 48.8 cm³/mol. The second-order valence-electron chi connectivity index (χ2n) is 4.70. The first-order valence-corrected chi connectivity index (χ1v) is 5.72. The van der Waals surface area contributed by atoms with E-state index in [0.29, 0.717) is 12.8 Å². The van der Waals surface area contributed by atoms with Crippen LogP contribution in [0, 0.1) is 11.3 Å². The lowest BCUT2D eigenvalue weighted by molar-refractivity contribution is -0.136. The van der Waals surface area contributed by atoms with Gasteiger partial charge in [0.05, 0.1) is 0 Å². The second-order valence-corrected chi connectivity index (χ2v) is 5.27. The van der Waals surface area contributed by atoms with E-state index in [1.165, 1.54) is 0 Å². The molecule has 79 valence electrons. The van der Waals surface area contributed by atoms with Gasteiger partial charge in [0.25, 0.3) is 0 Å². The van der Waals surface area contributed by atoms with Crippen LogP contribution in [0.2, 0.25) is 0 Å². The molecule has 2 saturated carbocycles. The molecule has 0 heterocycles. The molecule has 2 rings (SSSR count). The van der Waals surface area contributed by atoms with E-state index in [2.05, 4.69) is 0 Å². The fourth-order valence-corrected chi connectivity index (χ4v) is 3.57. The molecule has 2 aliphatic rings. The molecule has 0 aromatic heterocycles. The normalized spacial score (nSPS) is 41.6. The lowest BCUT2D eigenvalue weighted by Gasteiger charge is -2.33. The number of carbonyl (C=O) groups excluding carboxylic acids is 1. The minimum absolute atomic E-state index is 0.0528. The zero-order chi connectivity index (χ0) is 10.6. The van der Waals surface area contributed by atoms with Crippen LogP contribution >= 0.6 is 0 Å². The van der Waals surface area contributed by atoms with Crippen LogP contribution in [0.5, 0.6) is 0 Å². The van der Waals surface area contributed by atoms with Gasteiger partial charge in [-0.1, -0.05) is 18.4 Å². The highest BCUT2D eigenvalue weighted by Crippen LogP contribution is 2.60. The fourth-order valence-electron chi connectivity index (χ4n) is 2.95. The molecule has 0 saturated heterocycles. The Kier molecular flexibility index (Phi) is 2.10. The molecular weight excluding hydrogens is 204 g/mol. The van der Waals surface area contributed by atoms with Gasteiger partial charge in [-0.15, -0.1) is 0 Å². The van der Waals surface area contributed by atoms with E-state index >= 15 is 0 Å². The topological polar surface area (TPSA) is 63.3 Å². The lowest BCUT2D eigenvalue weighted by Crippen LogP contribution is -2.46. The molecule has 3 atom stereocenters. The van der Waals surface area contributed by atoms with E-state index in [-0.39, 0.29) is 17.1 Å². The average molecular weight is 217 g/mol. The van der Waals surface area contributed by atoms with Crippen LogP contribution in [0.3, 0.4) is 0 Å². The van der Waals surface area contributed by atoms with Crippen LogP contribution in [0.15, 0.2) is 0 Å². The third kappa shape index (κ3) is 1.06. The van der Waals surface area contributed by atoms with E-state index in [9.17, 15) is 13.6 Å². The van der Waals surface area contributed by atoms with E-state index in [1.54, 1.807) is 0 Å². The van der Waals surface area contributed by atoms with E-state index in [4.69, 9.17) is 4.18 Å². The van der Waals surface area contributed by atoms with Crippen molar-refractivity contribution in [2.75, 3.05) is 0 Å². The summed E-state index contributed by atoms with van der Waals surface area (Å²) in [7, 11) is 0. The Balaban J connectivity index is 2.39. The van der Waals surface area contributed by atoms with Gasteiger partial charge in [0, 0.05) is 11.8 Å². The van der Waals surface area contributed by atoms with Crippen molar-refractivity contribution in [2.45, 2.75) is 38.7 Å². The number of fused-ring (bicyclic) bond motifs is 2. The number of hydrogen-bond donors (Lipinski definition) is 0. The highest BCUT2D eigenvalue weighted by atomic mass is 32.2. The van der Waals surface area contributed by atoms with Gasteiger partial charge in [-0.2, -0.15) is 4.21 Å². The van der Waals surface area contributed by atoms with Crippen LogP contribution < -0.4 is 0 Å². The first-order valence-electron chi connectivity index (χ1n) is 4.72. The average Bonchev–Trinajstić information content (AvgIpc) is 2.36. The summed E-state index contributed by atoms with van der Waals surface area (Å²) in [5.41, 5.74) is -1.41. The molecule has 4 nitrogen and oxygen atoms in total. The summed E-state index contributed by atoms with van der Waals surface area (Å²) in [5, 5.41) is 0. The Morgan fingerprint density at radius 3 is 2.50 bits per heavy atom. The molecule has 0 aromatic carbocycles.